The van der Waals surface area contributed by atoms with Crippen LogP contribution in [0.25, 0.3) is 0 Å². The Labute approximate surface area is 136 Å². The zero-order valence-electron chi connectivity index (χ0n) is 12.8. The Hall–Kier alpha value is -1.46. The molecule has 1 aliphatic heterocycles. The Morgan fingerprint density at radius 2 is 2.23 bits per heavy atom. The molecule has 5 nitrogen and oxygen atoms in total. The highest BCUT2D eigenvalue weighted by Crippen LogP contribution is 2.18. The third kappa shape index (κ3) is 5.73. The first-order chi connectivity index (χ1) is 10.6. The van der Waals surface area contributed by atoms with E-state index in [1.165, 1.54) is 0 Å². The topological polar surface area (TPSA) is 59.6 Å². The molecule has 1 aliphatic rings. The average Bonchev–Trinajstić information content (AvgIpc) is 2.52. The van der Waals surface area contributed by atoms with Crippen molar-refractivity contribution in [2.24, 2.45) is 5.92 Å². The number of ether oxygens (including phenoxy) is 2. The molecule has 1 heterocycles. The van der Waals surface area contributed by atoms with E-state index in [9.17, 15) is 4.79 Å². The second kappa shape index (κ2) is 8.86. The number of hydrogen-bond donors (Lipinski definition) is 2. The number of urea groups is 1. The van der Waals surface area contributed by atoms with Crippen molar-refractivity contribution in [2.75, 3.05) is 26.4 Å². The molecule has 0 unspecified atom stereocenters. The summed E-state index contributed by atoms with van der Waals surface area (Å²) in [4.78, 5) is 11.8. The summed E-state index contributed by atoms with van der Waals surface area (Å²) in [5.41, 5.74) is 0. The molecule has 122 valence electrons. The van der Waals surface area contributed by atoms with Gasteiger partial charge in [-0.15, -0.1) is 0 Å². The van der Waals surface area contributed by atoms with E-state index in [1.807, 2.05) is 19.1 Å². The number of nitrogens with one attached hydrogen (secondary N) is 2. The largest absolute Gasteiger partial charge is 0.492 e. The molecule has 0 aliphatic carbocycles. The Bertz CT molecular complexity index is 478. The summed E-state index contributed by atoms with van der Waals surface area (Å²) in [5.74, 6) is 1.19. The van der Waals surface area contributed by atoms with Gasteiger partial charge in [0, 0.05) is 24.3 Å². The molecule has 2 N–H and O–H groups in total. The Balaban J connectivity index is 1.61. The van der Waals surface area contributed by atoms with Crippen LogP contribution in [0.3, 0.4) is 0 Å². The lowest BCUT2D eigenvalue weighted by Gasteiger charge is -2.28. The molecule has 6 heteroatoms. The second-order valence-electron chi connectivity index (χ2n) is 5.44. The van der Waals surface area contributed by atoms with Crippen molar-refractivity contribution in [3.8, 4) is 5.75 Å². The molecule has 1 atom stereocenters. The van der Waals surface area contributed by atoms with Crippen molar-refractivity contribution in [2.45, 2.75) is 25.8 Å². The third-order valence-electron chi connectivity index (χ3n) is 3.78. The molecule has 1 fully saturated rings. The van der Waals surface area contributed by atoms with Crippen molar-refractivity contribution in [1.29, 1.82) is 0 Å². The molecule has 2 amide bonds. The first kappa shape index (κ1) is 16.9. The number of carbonyl (C=O) groups is 1. The molecule has 0 bridgehead atoms. The lowest BCUT2D eigenvalue weighted by atomic mass is 9.93. The van der Waals surface area contributed by atoms with Crippen LogP contribution in [0.4, 0.5) is 4.79 Å². The molecule has 1 aromatic carbocycles. The monoisotopic (exact) mass is 326 g/mol. The molecular formula is C16H23ClN2O3. The van der Waals surface area contributed by atoms with Gasteiger partial charge in [-0.05, 0) is 43.9 Å². The summed E-state index contributed by atoms with van der Waals surface area (Å²) in [6, 6.07) is 7.19. The minimum absolute atomic E-state index is 0.151. The first-order valence-electron chi connectivity index (χ1n) is 7.65. The van der Waals surface area contributed by atoms with E-state index in [1.54, 1.807) is 12.1 Å². The van der Waals surface area contributed by atoms with E-state index < -0.39 is 0 Å². The number of benzene rings is 1. The smallest absolute Gasteiger partial charge is 0.315 e. The van der Waals surface area contributed by atoms with Crippen LogP contribution in [0.5, 0.6) is 5.75 Å². The Morgan fingerprint density at radius 1 is 1.45 bits per heavy atom. The number of carbonyl (C=O) groups excluding carboxylic acids is 1. The fourth-order valence-corrected chi connectivity index (χ4v) is 2.66. The standard InChI is InChI=1S/C16H23ClN2O3/c1-12(13-5-8-21-9-6-13)19-16(20)18-7-10-22-15-4-2-3-14(17)11-15/h2-4,11-13H,5-10H2,1H3,(H2,18,19,20)/t12-/m1/s1. The molecule has 0 radical (unpaired) electrons. The van der Waals surface area contributed by atoms with E-state index in [0.717, 1.165) is 26.1 Å². The van der Waals surface area contributed by atoms with Crippen molar-refractivity contribution in [3.63, 3.8) is 0 Å². The maximum absolute atomic E-state index is 11.8. The lowest BCUT2D eigenvalue weighted by molar-refractivity contribution is 0.0571. The molecule has 2 rings (SSSR count). The van der Waals surface area contributed by atoms with Gasteiger partial charge in [-0.3, -0.25) is 0 Å². The maximum Gasteiger partial charge on any atom is 0.315 e. The number of halogens is 1. The van der Waals surface area contributed by atoms with Gasteiger partial charge in [0.05, 0.1) is 6.54 Å². The number of rotatable bonds is 6. The third-order valence-corrected chi connectivity index (χ3v) is 4.02. The van der Waals surface area contributed by atoms with Crippen LogP contribution in [0, 0.1) is 5.92 Å². The van der Waals surface area contributed by atoms with Crippen LogP contribution < -0.4 is 15.4 Å². The molecule has 22 heavy (non-hydrogen) atoms. The zero-order chi connectivity index (χ0) is 15.8. The van der Waals surface area contributed by atoms with Crippen LogP contribution in [0.2, 0.25) is 5.02 Å². The molecule has 0 aromatic heterocycles. The lowest BCUT2D eigenvalue weighted by Crippen LogP contribution is -2.46. The summed E-state index contributed by atoms with van der Waals surface area (Å²) < 4.78 is 10.8. The van der Waals surface area contributed by atoms with Crippen molar-refractivity contribution in [1.82, 2.24) is 10.6 Å². The minimum Gasteiger partial charge on any atom is -0.492 e. The van der Waals surface area contributed by atoms with Gasteiger partial charge in [0.1, 0.15) is 12.4 Å². The maximum atomic E-state index is 11.8. The summed E-state index contributed by atoms with van der Waals surface area (Å²) in [7, 11) is 0. The Morgan fingerprint density at radius 3 is 2.95 bits per heavy atom. The fraction of sp³-hybridized carbons (Fsp3) is 0.562. The van der Waals surface area contributed by atoms with Gasteiger partial charge in [-0.1, -0.05) is 17.7 Å². The van der Waals surface area contributed by atoms with Gasteiger partial charge in [0.25, 0.3) is 0 Å². The molecular weight excluding hydrogens is 304 g/mol. The molecule has 1 aromatic rings. The van der Waals surface area contributed by atoms with Crippen molar-refractivity contribution < 1.29 is 14.3 Å². The van der Waals surface area contributed by atoms with Crippen molar-refractivity contribution >= 4 is 17.6 Å². The van der Waals surface area contributed by atoms with Crippen LogP contribution in [0.15, 0.2) is 24.3 Å². The highest BCUT2D eigenvalue weighted by Gasteiger charge is 2.21. The molecule has 0 spiro atoms. The zero-order valence-corrected chi connectivity index (χ0v) is 13.6. The van der Waals surface area contributed by atoms with E-state index in [0.29, 0.717) is 29.8 Å². The van der Waals surface area contributed by atoms with E-state index in [2.05, 4.69) is 10.6 Å². The fourth-order valence-electron chi connectivity index (χ4n) is 2.48. The van der Waals surface area contributed by atoms with Gasteiger partial charge in [0.2, 0.25) is 0 Å². The van der Waals surface area contributed by atoms with Crippen LogP contribution >= 0.6 is 11.6 Å². The highest BCUT2D eigenvalue weighted by molar-refractivity contribution is 6.30. The SMILES string of the molecule is C[C@@H](NC(=O)NCCOc1cccc(Cl)c1)C1CCOCC1. The van der Waals surface area contributed by atoms with E-state index in [4.69, 9.17) is 21.1 Å². The molecule has 0 saturated carbocycles. The minimum atomic E-state index is -0.159. The van der Waals surface area contributed by atoms with Gasteiger partial charge in [-0.2, -0.15) is 0 Å². The summed E-state index contributed by atoms with van der Waals surface area (Å²) in [6.07, 6.45) is 2.00. The average molecular weight is 327 g/mol. The van der Waals surface area contributed by atoms with Crippen LogP contribution in [0.1, 0.15) is 19.8 Å². The first-order valence-corrected chi connectivity index (χ1v) is 8.03. The summed E-state index contributed by atoms with van der Waals surface area (Å²) >= 11 is 5.87. The molecule has 1 saturated heterocycles. The van der Waals surface area contributed by atoms with Gasteiger partial charge in [-0.25, -0.2) is 4.79 Å². The van der Waals surface area contributed by atoms with E-state index >= 15 is 0 Å². The normalized spacial score (nSPS) is 16.8. The van der Waals surface area contributed by atoms with Gasteiger partial charge in [0.15, 0.2) is 0 Å². The summed E-state index contributed by atoms with van der Waals surface area (Å²) in [5, 5.41) is 6.41. The quantitative estimate of drug-likeness (QED) is 0.790. The Kier molecular flexibility index (Phi) is 6.80. The highest BCUT2D eigenvalue weighted by atomic mass is 35.5. The van der Waals surface area contributed by atoms with E-state index in [-0.39, 0.29) is 12.1 Å². The number of hydrogen-bond acceptors (Lipinski definition) is 3. The van der Waals surface area contributed by atoms with Crippen LogP contribution in [-0.4, -0.2) is 38.4 Å². The second-order valence-corrected chi connectivity index (χ2v) is 5.88. The van der Waals surface area contributed by atoms with Gasteiger partial charge < -0.3 is 20.1 Å². The predicted molar refractivity (Wildman–Crippen MR) is 86.5 cm³/mol. The van der Waals surface area contributed by atoms with Gasteiger partial charge >= 0.3 is 6.03 Å². The van der Waals surface area contributed by atoms with Crippen molar-refractivity contribution in [3.05, 3.63) is 29.3 Å². The predicted octanol–water partition coefficient (Wildman–Crippen LogP) is 2.83. The summed E-state index contributed by atoms with van der Waals surface area (Å²) in [6.45, 7) is 4.45. The number of amides is 2. The van der Waals surface area contributed by atoms with Crippen LogP contribution in [-0.2, 0) is 4.74 Å².